The molecule has 0 spiro atoms. The first-order valence-electron chi connectivity index (χ1n) is 6.99. The Balaban J connectivity index is 2.35. The van der Waals surface area contributed by atoms with Crippen molar-refractivity contribution in [2.24, 2.45) is 17.3 Å². The molecule has 18 heavy (non-hydrogen) atoms. The summed E-state index contributed by atoms with van der Waals surface area (Å²) < 4.78 is 0. The molecule has 106 valence electrons. The number of carboxylic acid groups (broad SMARTS) is 1. The van der Waals surface area contributed by atoms with Gasteiger partial charge in [0.1, 0.15) is 0 Å². The second kappa shape index (κ2) is 6.53. The van der Waals surface area contributed by atoms with Gasteiger partial charge in [-0.25, -0.2) is 0 Å². The maximum atomic E-state index is 10.9. The zero-order valence-electron chi connectivity index (χ0n) is 12.2. The summed E-state index contributed by atoms with van der Waals surface area (Å²) in [6.07, 6.45) is 1.94. The van der Waals surface area contributed by atoms with Gasteiger partial charge in [0, 0.05) is 19.6 Å². The van der Waals surface area contributed by atoms with Crippen molar-refractivity contribution >= 4 is 5.97 Å². The highest BCUT2D eigenvalue weighted by Gasteiger charge is 2.33. The SMILES string of the molecule is CCC(CNCC(C)(C)C1CCN(C)C1)C(=O)O. The molecule has 0 amide bonds. The Hall–Kier alpha value is -0.610. The number of carboxylic acids is 1. The van der Waals surface area contributed by atoms with Crippen LogP contribution in [0.2, 0.25) is 0 Å². The zero-order chi connectivity index (χ0) is 13.8. The van der Waals surface area contributed by atoms with Crippen molar-refractivity contribution in [2.45, 2.75) is 33.6 Å². The van der Waals surface area contributed by atoms with Crippen molar-refractivity contribution in [2.75, 3.05) is 33.2 Å². The topological polar surface area (TPSA) is 52.6 Å². The van der Waals surface area contributed by atoms with Crippen LogP contribution in [0.5, 0.6) is 0 Å². The largest absolute Gasteiger partial charge is 0.481 e. The first kappa shape index (κ1) is 15.4. The fourth-order valence-corrected chi connectivity index (χ4v) is 2.69. The highest BCUT2D eigenvalue weighted by Crippen LogP contribution is 2.33. The Kier molecular flexibility index (Phi) is 5.60. The Morgan fingerprint density at radius 1 is 1.56 bits per heavy atom. The van der Waals surface area contributed by atoms with Gasteiger partial charge in [0.05, 0.1) is 5.92 Å². The maximum Gasteiger partial charge on any atom is 0.307 e. The third-order valence-electron chi connectivity index (χ3n) is 4.31. The molecule has 0 aromatic heterocycles. The van der Waals surface area contributed by atoms with Gasteiger partial charge in [-0.15, -0.1) is 0 Å². The first-order chi connectivity index (χ1) is 8.36. The molecule has 0 aromatic rings. The normalized spacial score (nSPS) is 23.2. The molecule has 2 N–H and O–H groups in total. The number of rotatable bonds is 7. The minimum atomic E-state index is -0.691. The van der Waals surface area contributed by atoms with Gasteiger partial charge in [0.15, 0.2) is 0 Å². The number of nitrogens with one attached hydrogen (secondary N) is 1. The molecule has 1 saturated heterocycles. The molecule has 4 nitrogen and oxygen atoms in total. The summed E-state index contributed by atoms with van der Waals surface area (Å²) in [4.78, 5) is 13.3. The van der Waals surface area contributed by atoms with Gasteiger partial charge < -0.3 is 15.3 Å². The summed E-state index contributed by atoms with van der Waals surface area (Å²) in [6.45, 7) is 10.3. The average Bonchev–Trinajstić information content (AvgIpc) is 2.71. The van der Waals surface area contributed by atoms with Gasteiger partial charge in [0.2, 0.25) is 0 Å². The number of carbonyl (C=O) groups is 1. The molecule has 0 bridgehead atoms. The molecule has 0 aromatic carbocycles. The Labute approximate surface area is 111 Å². The lowest BCUT2D eigenvalue weighted by Crippen LogP contribution is -2.39. The number of aliphatic carboxylic acids is 1. The van der Waals surface area contributed by atoms with E-state index in [1.54, 1.807) is 0 Å². The molecule has 1 rings (SSSR count). The molecular formula is C14H28N2O2. The predicted molar refractivity (Wildman–Crippen MR) is 73.7 cm³/mol. The van der Waals surface area contributed by atoms with E-state index < -0.39 is 5.97 Å². The fourth-order valence-electron chi connectivity index (χ4n) is 2.69. The van der Waals surface area contributed by atoms with Crippen LogP contribution >= 0.6 is 0 Å². The quantitative estimate of drug-likeness (QED) is 0.727. The van der Waals surface area contributed by atoms with Crippen LogP contribution in [0.15, 0.2) is 0 Å². The second-order valence-electron chi connectivity index (χ2n) is 6.31. The highest BCUT2D eigenvalue weighted by molar-refractivity contribution is 5.70. The van der Waals surface area contributed by atoms with E-state index >= 15 is 0 Å². The molecule has 0 saturated carbocycles. The van der Waals surface area contributed by atoms with Crippen molar-refractivity contribution in [3.05, 3.63) is 0 Å². The van der Waals surface area contributed by atoms with E-state index in [-0.39, 0.29) is 11.3 Å². The fraction of sp³-hybridized carbons (Fsp3) is 0.929. The summed E-state index contributed by atoms with van der Waals surface area (Å²) in [5, 5.41) is 12.4. The summed E-state index contributed by atoms with van der Waals surface area (Å²) in [6, 6.07) is 0. The molecule has 0 aliphatic carbocycles. The van der Waals surface area contributed by atoms with Gasteiger partial charge >= 0.3 is 5.97 Å². The van der Waals surface area contributed by atoms with Crippen LogP contribution in [0.4, 0.5) is 0 Å². The van der Waals surface area contributed by atoms with Crippen LogP contribution in [0.1, 0.15) is 33.6 Å². The van der Waals surface area contributed by atoms with Crippen molar-refractivity contribution in [3.63, 3.8) is 0 Å². The predicted octanol–water partition coefficient (Wildman–Crippen LogP) is 1.66. The van der Waals surface area contributed by atoms with E-state index in [0.29, 0.717) is 18.9 Å². The minimum Gasteiger partial charge on any atom is -0.481 e. The van der Waals surface area contributed by atoms with Crippen LogP contribution in [0.3, 0.4) is 0 Å². The Morgan fingerprint density at radius 3 is 2.67 bits per heavy atom. The van der Waals surface area contributed by atoms with Crippen LogP contribution in [-0.4, -0.2) is 49.2 Å². The standard InChI is InChI=1S/C14H28N2O2/c1-5-11(13(17)18)8-15-10-14(2,3)12-6-7-16(4)9-12/h11-12,15H,5-10H2,1-4H3,(H,17,18). The van der Waals surface area contributed by atoms with Gasteiger partial charge in [-0.2, -0.15) is 0 Å². The van der Waals surface area contributed by atoms with Crippen molar-refractivity contribution in [1.82, 2.24) is 10.2 Å². The lowest BCUT2D eigenvalue weighted by atomic mass is 9.78. The third kappa shape index (κ3) is 4.25. The molecule has 2 unspecified atom stereocenters. The van der Waals surface area contributed by atoms with E-state index in [1.165, 1.54) is 13.0 Å². The molecular weight excluding hydrogens is 228 g/mol. The van der Waals surface area contributed by atoms with Gasteiger partial charge in [-0.3, -0.25) is 4.79 Å². The molecule has 1 fully saturated rings. The Bertz CT molecular complexity index is 279. The summed E-state index contributed by atoms with van der Waals surface area (Å²) in [7, 11) is 2.17. The Morgan fingerprint density at radius 2 is 2.22 bits per heavy atom. The van der Waals surface area contributed by atoms with Crippen molar-refractivity contribution < 1.29 is 9.90 Å². The van der Waals surface area contributed by atoms with Crippen molar-refractivity contribution in [3.8, 4) is 0 Å². The van der Waals surface area contributed by atoms with E-state index in [4.69, 9.17) is 5.11 Å². The zero-order valence-corrected chi connectivity index (χ0v) is 12.2. The molecule has 1 aliphatic rings. The smallest absolute Gasteiger partial charge is 0.307 e. The molecule has 1 aliphatic heterocycles. The summed E-state index contributed by atoms with van der Waals surface area (Å²) in [5.74, 6) is -0.240. The van der Waals surface area contributed by atoms with Crippen LogP contribution in [-0.2, 0) is 4.79 Å². The average molecular weight is 256 g/mol. The summed E-state index contributed by atoms with van der Waals surface area (Å²) in [5.41, 5.74) is 0.238. The van der Waals surface area contributed by atoms with Crippen LogP contribution < -0.4 is 5.32 Å². The monoisotopic (exact) mass is 256 g/mol. The van der Waals surface area contributed by atoms with E-state index in [1.807, 2.05) is 6.92 Å². The molecule has 4 heteroatoms. The maximum absolute atomic E-state index is 10.9. The number of hydrogen-bond donors (Lipinski definition) is 2. The van der Waals surface area contributed by atoms with Crippen LogP contribution in [0, 0.1) is 17.3 Å². The third-order valence-corrected chi connectivity index (χ3v) is 4.31. The summed E-state index contributed by atoms with van der Waals surface area (Å²) >= 11 is 0. The number of nitrogens with zero attached hydrogens (tertiary/aromatic N) is 1. The van der Waals surface area contributed by atoms with Gasteiger partial charge in [-0.1, -0.05) is 20.8 Å². The molecule has 2 atom stereocenters. The van der Waals surface area contributed by atoms with Gasteiger partial charge in [-0.05, 0) is 37.8 Å². The minimum absolute atomic E-state index is 0.238. The lowest BCUT2D eigenvalue weighted by molar-refractivity contribution is -0.141. The van der Waals surface area contributed by atoms with Crippen molar-refractivity contribution in [1.29, 1.82) is 0 Å². The number of likely N-dealkylation sites (tertiary alicyclic amines) is 1. The van der Waals surface area contributed by atoms with Crippen LogP contribution in [0.25, 0.3) is 0 Å². The van der Waals surface area contributed by atoms with Gasteiger partial charge in [0.25, 0.3) is 0 Å². The lowest BCUT2D eigenvalue weighted by Gasteiger charge is -2.32. The second-order valence-corrected chi connectivity index (χ2v) is 6.31. The van der Waals surface area contributed by atoms with E-state index in [0.717, 1.165) is 13.1 Å². The highest BCUT2D eigenvalue weighted by atomic mass is 16.4. The van der Waals surface area contributed by atoms with E-state index in [9.17, 15) is 4.79 Å². The van der Waals surface area contributed by atoms with E-state index in [2.05, 4.69) is 31.1 Å². The first-order valence-corrected chi connectivity index (χ1v) is 6.99. The molecule has 1 heterocycles. The molecule has 0 radical (unpaired) electrons. The number of hydrogen-bond acceptors (Lipinski definition) is 3.